The molecule has 0 aromatic carbocycles. The Labute approximate surface area is 143 Å². The molecule has 0 radical (unpaired) electrons. The van der Waals surface area contributed by atoms with Crippen LogP contribution in [0.25, 0.3) is 0 Å². The normalized spacial score (nSPS) is 24.4. The van der Waals surface area contributed by atoms with E-state index in [2.05, 4.69) is 17.6 Å². The highest BCUT2D eigenvalue weighted by Gasteiger charge is 2.22. The third-order valence-corrected chi connectivity index (χ3v) is 4.81. The molecule has 2 fully saturated rings. The van der Waals surface area contributed by atoms with E-state index < -0.39 is 0 Å². The highest BCUT2D eigenvalue weighted by molar-refractivity contribution is 5.78. The Morgan fingerprint density at radius 1 is 0.783 bits per heavy atom. The molecule has 0 aromatic rings. The molecule has 2 rings (SSSR count). The van der Waals surface area contributed by atoms with Crippen LogP contribution in [0.5, 0.6) is 0 Å². The molecule has 0 saturated heterocycles. The van der Waals surface area contributed by atoms with Gasteiger partial charge >= 0.3 is 0 Å². The molecule has 2 saturated carbocycles. The van der Waals surface area contributed by atoms with Gasteiger partial charge in [0.15, 0.2) is 0 Å². The van der Waals surface area contributed by atoms with Crippen LogP contribution in [-0.4, -0.2) is 32.8 Å². The van der Waals surface area contributed by atoms with Crippen LogP contribution in [0.2, 0.25) is 0 Å². The molecule has 2 aliphatic rings. The summed E-state index contributed by atoms with van der Waals surface area (Å²) in [5.74, 6) is 2.18. The monoisotopic (exact) mass is 326 g/mol. The second-order valence-corrected chi connectivity index (χ2v) is 7.02. The lowest BCUT2D eigenvalue weighted by Crippen LogP contribution is -2.30. The van der Waals surface area contributed by atoms with Crippen LogP contribution in [0, 0.1) is 17.8 Å². The minimum Gasteiger partial charge on any atom is -0.359 e. The van der Waals surface area contributed by atoms with Gasteiger partial charge < -0.3 is 10.6 Å². The Kier molecular flexibility index (Phi) is 13.0. The summed E-state index contributed by atoms with van der Waals surface area (Å²) in [4.78, 5) is 22.0. The summed E-state index contributed by atoms with van der Waals surface area (Å²) in [5, 5.41) is 5.46. The molecule has 4 heteroatoms. The smallest absolute Gasteiger partial charge is 0.222 e. The number of ketones is 1. The second kappa shape index (κ2) is 13.5. The van der Waals surface area contributed by atoms with E-state index >= 15 is 0 Å². The first kappa shape index (κ1) is 22.1. The van der Waals surface area contributed by atoms with Gasteiger partial charge in [-0.05, 0) is 65.5 Å². The maximum absolute atomic E-state index is 11.2. The van der Waals surface area contributed by atoms with Gasteiger partial charge in [-0.25, -0.2) is 0 Å². The standard InChI is InChI=1S/C9H17NO.C8H14O.C2H7N/c1-7-3-5-8(6-4-7)9(11)10-2;1-7(9)8-5-3-2-4-6-8;1-3-2/h7-8H,3-6H2,1-2H3,(H,10,11);8H,2-6H2,1H3;3H,1-2H3. The number of carbonyl (C=O) groups is 2. The molecule has 2 N–H and O–H groups in total. The molecular weight excluding hydrogens is 288 g/mol. The predicted octanol–water partition coefficient (Wildman–Crippen LogP) is 3.55. The van der Waals surface area contributed by atoms with E-state index in [0.717, 1.165) is 31.6 Å². The van der Waals surface area contributed by atoms with Crippen molar-refractivity contribution in [3.05, 3.63) is 0 Å². The van der Waals surface area contributed by atoms with Gasteiger partial charge in [0.25, 0.3) is 0 Å². The van der Waals surface area contributed by atoms with Crippen molar-refractivity contribution in [3.8, 4) is 0 Å². The molecule has 1 amide bonds. The van der Waals surface area contributed by atoms with Crippen molar-refractivity contribution in [3.63, 3.8) is 0 Å². The summed E-state index contributed by atoms with van der Waals surface area (Å²) in [6, 6.07) is 0. The molecule has 0 bridgehead atoms. The van der Waals surface area contributed by atoms with Gasteiger partial charge in [0, 0.05) is 18.9 Å². The third-order valence-electron chi connectivity index (χ3n) is 4.81. The molecular formula is C19H38N2O2. The van der Waals surface area contributed by atoms with E-state index in [1.807, 2.05) is 14.1 Å². The summed E-state index contributed by atoms with van der Waals surface area (Å²) in [7, 11) is 5.47. The number of amides is 1. The fourth-order valence-corrected chi connectivity index (χ4v) is 3.24. The SMILES string of the molecule is CC(=O)C1CCCCC1.CNC.CNC(=O)C1CCC(C)CC1. The van der Waals surface area contributed by atoms with Crippen LogP contribution in [0.1, 0.15) is 71.6 Å². The molecule has 136 valence electrons. The van der Waals surface area contributed by atoms with Gasteiger partial charge in [0.1, 0.15) is 5.78 Å². The molecule has 0 aromatic heterocycles. The summed E-state index contributed by atoms with van der Waals surface area (Å²) in [6.45, 7) is 3.98. The first-order chi connectivity index (χ1) is 11.0. The van der Waals surface area contributed by atoms with Crippen LogP contribution in [-0.2, 0) is 9.59 Å². The average molecular weight is 327 g/mol. The van der Waals surface area contributed by atoms with Crippen LogP contribution in [0.4, 0.5) is 0 Å². The molecule has 23 heavy (non-hydrogen) atoms. The zero-order valence-electron chi connectivity index (χ0n) is 15.9. The van der Waals surface area contributed by atoms with E-state index in [0.29, 0.717) is 17.6 Å². The van der Waals surface area contributed by atoms with Crippen molar-refractivity contribution in [1.29, 1.82) is 0 Å². The molecule has 2 aliphatic carbocycles. The number of hydrogen-bond acceptors (Lipinski definition) is 3. The quantitative estimate of drug-likeness (QED) is 0.816. The number of rotatable bonds is 2. The third kappa shape index (κ3) is 10.5. The Morgan fingerprint density at radius 3 is 1.61 bits per heavy atom. The Morgan fingerprint density at radius 2 is 1.26 bits per heavy atom. The highest BCUT2D eigenvalue weighted by Crippen LogP contribution is 2.28. The fraction of sp³-hybridized carbons (Fsp3) is 0.895. The molecule has 0 atom stereocenters. The maximum atomic E-state index is 11.2. The number of Topliss-reactive ketones (excluding diaryl/α,β-unsaturated/α-hetero) is 1. The van der Waals surface area contributed by atoms with Crippen molar-refractivity contribution in [2.75, 3.05) is 21.1 Å². The van der Waals surface area contributed by atoms with Crippen molar-refractivity contribution in [2.24, 2.45) is 17.8 Å². The molecule has 0 heterocycles. The van der Waals surface area contributed by atoms with Crippen LogP contribution in [0.3, 0.4) is 0 Å². The molecule has 0 unspecified atom stereocenters. The van der Waals surface area contributed by atoms with Crippen molar-refractivity contribution in [2.45, 2.75) is 71.6 Å². The average Bonchev–Trinajstić information content (AvgIpc) is 2.57. The fourth-order valence-electron chi connectivity index (χ4n) is 3.24. The largest absolute Gasteiger partial charge is 0.359 e. The summed E-state index contributed by atoms with van der Waals surface area (Å²) in [5.41, 5.74) is 0. The lowest BCUT2D eigenvalue weighted by atomic mass is 9.83. The van der Waals surface area contributed by atoms with Crippen LogP contribution >= 0.6 is 0 Å². The van der Waals surface area contributed by atoms with E-state index in [4.69, 9.17) is 0 Å². The Bertz CT molecular complexity index is 317. The topological polar surface area (TPSA) is 58.2 Å². The summed E-state index contributed by atoms with van der Waals surface area (Å²) < 4.78 is 0. The van der Waals surface area contributed by atoms with Crippen LogP contribution < -0.4 is 10.6 Å². The van der Waals surface area contributed by atoms with Gasteiger partial charge in [0.05, 0.1) is 0 Å². The van der Waals surface area contributed by atoms with Gasteiger partial charge in [-0.3, -0.25) is 9.59 Å². The zero-order chi connectivity index (χ0) is 17.7. The summed E-state index contributed by atoms with van der Waals surface area (Å²) in [6.07, 6.45) is 10.8. The number of carbonyl (C=O) groups excluding carboxylic acids is 2. The van der Waals surface area contributed by atoms with E-state index in [1.54, 1.807) is 14.0 Å². The highest BCUT2D eigenvalue weighted by atomic mass is 16.1. The molecule has 0 aliphatic heterocycles. The molecule has 4 nitrogen and oxygen atoms in total. The van der Waals surface area contributed by atoms with Gasteiger partial charge in [0.2, 0.25) is 5.91 Å². The number of hydrogen-bond donors (Lipinski definition) is 2. The first-order valence-corrected chi connectivity index (χ1v) is 9.26. The van der Waals surface area contributed by atoms with E-state index in [9.17, 15) is 9.59 Å². The van der Waals surface area contributed by atoms with Crippen molar-refractivity contribution < 1.29 is 9.59 Å². The van der Waals surface area contributed by atoms with Crippen molar-refractivity contribution >= 4 is 11.7 Å². The minimum absolute atomic E-state index is 0.233. The van der Waals surface area contributed by atoms with E-state index in [-0.39, 0.29) is 5.91 Å². The van der Waals surface area contributed by atoms with Gasteiger partial charge in [-0.2, -0.15) is 0 Å². The maximum Gasteiger partial charge on any atom is 0.222 e. The Hall–Kier alpha value is -0.900. The Balaban J connectivity index is 0.000000365. The van der Waals surface area contributed by atoms with Gasteiger partial charge in [-0.15, -0.1) is 0 Å². The zero-order valence-corrected chi connectivity index (χ0v) is 15.9. The van der Waals surface area contributed by atoms with E-state index in [1.165, 1.54) is 32.1 Å². The van der Waals surface area contributed by atoms with Crippen molar-refractivity contribution in [1.82, 2.24) is 10.6 Å². The predicted molar refractivity (Wildman–Crippen MR) is 97.4 cm³/mol. The summed E-state index contributed by atoms with van der Waals surface area (Å²) >= 11 is 0. The number of nitrogens with one attached hydrogen (secondary N) is 2. The lowest BCUT2D eigenvalue weighted by molar-refractivity contribution is -0.125. The van der Waals surface area contributed by atoms with Crippen LogP contribution in [0.15, 0.2) is 0 Å². The second-order valence-electron chi connectivity index (χ2n) is 7.02. The molecule has 0 spiro atoms. The minimum atomic E-state index is 0.233. The lowest BCUT2D eigenvalue weighted by Gasteiger charge is -2.24. The van der Waals surface area contributed by atoms with Gasteiger partial charge in [-0.1, -0.05) is 26.2 Å². The first-order valence-electron chi connectivity index (χ1n) is 9.26.